The van der Waals surface area contributed by atoms with Crippen molar-refractivity contribution in [2.24, 2.45) is 22.0 Å². The van der Waals surface area contributed by atoms with Crippen LogP contribution in [0, 0.1) is 11.8 Å². The van der Waals surface area contributed by atoms with Crippen LogP contribution < -0.4 is 21.5 Å². The van der Waals surface area contributed by atoms with Gasteiger partial charge < -0.3 is 10.6 Å². The fourth-order valence-electron chi connectivity index (χ4n) is 3.75. The van der Waals surface area contributed by atoms with E-state index in [2.05, 4.69) is 31.7 Å². The molecule has 4 amide bonds. The highest BCUT2D eigenvalue weighted by atomic mass is 16.2. The maximum atomic E-state index is 12.4. The van der Waals surface area contributed by atoms with Crippen LogP contribution in [0.25, 0.3) is 0 Å². The first-order valence-electron chi connectivity index (χ1n) is 10.4. The Bertz CT molecular complexity index is 1020. The maximum absolute atomic E-state index is 12.4. The van der Waals surface area contributed by atoms with Gasteiger partial charge in [-0.25, -0.2) is 15.6 Å². The number of nitrogens with one attached hydrogen (secondary N) is 4. The zero-order valence-corrected chi connectivity index (χ0v) is 17.8. The molecular formula is C23H24N6O3. The van der Waals surface area contributed by atoms with Gasteiger partial charge in [0.25, 0.3) is 0 Å². The quantitative estimate of drug-likeness (QED) is 0.593. The second-order valence-electron chi connectivity index (χ2n) is 8.01. The van der Waals surface area contributed by atoms with Crippen molar-refractivity contribution in [2.45, 2.75) is 26.7 Å². The van der Waals surface area contributed by atoms with Gasteiger partial charge in [-0.1, -0.05) is 38.1 Å². The Labute approximate surface area is 185 Å². The summed E-state index contributed by atoms with van der Waals surface area (Å²) in [7, 11) is 0. The van der Waals surface area contributed by atoms with E-state index < -0.39 is 0 Å². The van der Waals surface area contributed by atoms with Crippen LogP contribution >= 0.6 is 0 Å². The molecule has 0 saturated heterocycles. The fraction of sp³-hybridized carbons (Fsp3) is 0.261. The third-order valence-electron chi connectivity index (χ3n) is 5.40. The lowest BCUT2D eigenvalue weighted by atomic mass is 9.94. The number of nitrogens with zero attached hydrogens (tertiary/aromatic N) is 2. The number of amides is 4. The van der Waals surface area contributed by atoms with Crippen molar-refractivity contribution < 1.29 is 14.4 Å². The topological polar surface area (TPSA) is 124 Å². The number of benzene rings is 2. The average molecular weight is 432 g/mol. The lowest BCUT2D eigenvalue weighted by molar-refractivity contribution is -0.122. The third kappa shape index (κ3) is 4.83. The summed E-state index contributed by atoms with van der Waals surface area (Å²) in [4.78, 5) is 35.2. The highest BCUT2D eigenvalue weighted by molar-refractivity contribution is 6.07. The van der Waals surface area contributed by atoms with Crippen molar-refractivity contribution in [3.05, 3.63) is 59.7 Å². The van der Waals surface area contributed by atoms with Crippen LogP contribution in [0.15, 0.2) is 58.7 Å². The normalized spacial score (nSPS) is 20.4. The summed E-state index contributed by atoms with van der Waals surface area (Å²) in [6.45, 7) is 3.92. The predicted molar refractivity (Wildman–Crippen MR) is 122 cm³/mol. The summed E-state index contributed by atoms with van der Waals surface area (Å²) in [5, 5.41) is 13.9. The van der Waals surface area contributed by atoms with Crippen molar-refractivity contribution in [1.29, 1.82) is 0 Å². The first kappa shape index (κ1) is 21.2. The summed E-state index contributed by atoms with van der Waals surface area (Å²) in [6, 6.07) is 14.3. The number of carbonyl (C=O) groups excluding carboxylic acids is 3. The molecule has 2 heterocycles. The standard InChI is InChI=1S/C23H24N6O3/c1-13-11-19(30)26-28-21(13)15-3-7-17(8-4-15)24-23(32)25-18-9-5-16(6-10-18)22-14(2)12-20(31)27-29-22/h3-10,13-14H,11-12H2,1-2H3,(H,26,30)(H,27,31)(H2,24,25,32). The molecule has 9 heteroatoms. The lowest BCUT2D eigenvalue weighted by Crippen LogP contribution is -2.32. The molecule has 0 aromatic heterocycles. The number of urea groups is 1. The van der Waals surface area contributed by atoms with E-state index >= 15 is 0 Å². The molecule has 2 aromatic rings. The van der Waals surface area contributed by atoms with E-state index in [0.29, 0.717) is 24.2 Å². The van der Waals surface area contributed by atoms with Gasteiger partial charge in [0.2, 0.25) is 11.8 Å². The Kier molecular flexibility index (Phi) is 5.98. The summed E-state index contributed by atoms with van der Waals surface area (Å²) in [5.41, 5.74) is 9.72. The smallest absolute Gasteiger partial charge is 0.308 e. The van der Waals surface area contributed by atoms with Gasteiger partial charge >= 0.3 is 6.03 Å². The molecule has 0 fully saturated rings. The zero-order chi connectivity index (χ0) is 22.7. The number of rotatable bonds is 4. The Morgan fingerprint density at radius 1 is 0.750 bits per heavy atom. The molecule has 4 N–H and O–H groups in total. The van der Waals surface area contributed by atoms with Crippen LogP contribution in [0.5, 0.6) is 0 Å². The molecule has 0 spiro atoms. The zero-order valence-electron chi connectivity index (χ0n) is 17.8. The van der Waals surface area contributed by atoms with Crippen molar-refractivity contribution in [3.8, 4) is 0 Å². The monoisotopic (exact) mass is 432 g/mol. The number of hydrogen-bond acceptors (Lipinski definition) is 5. The predicted octanol–water partition coefficient (Wildman–Crippen LogP) is 3.05. The highest BCUT2D eigenvalue weighted by Gasteiger charge is 2.22. The van der Waals surface area contributed by atoms with Crippen LogP contribution in [0.3, 0.4) is 0 Å². The molecule has 32 heavy (non-hydrogen) atoms. The van der Waals surface area contributed by atoms with E-state index in [1.165, 1.54) is 0 Å². The van der Waals surface area contributed by atoms with Gasteiger partial charge in [0, 0.05) is 36.1 Å². The molecule has 2 aliphatic heterocycles. The molecule has 2 aromatic carbocycles. The summed E-state index contributed by atoms with van der Waals surface area (Å²) in [6.07, 6.45) is 0.807. The van der Waals surface area contributed by atoms with Crippen molar-refractivity contribution in [3.63, 3.8) is 0 Å². The van der Waals surface area contributed by atoms with Crippen LogP contribution in [0.4, 0.5) is 16.2 Å². The van der Waals surface area contributed by atoms with E-state index in [1.807, 2.05) is 38.1 Å². The second-order valence-corrected chi connectivity index (χ2v) is 8.01. The van der Waals surface area contributed by atoms with Crippen molar-refractivity contribution >= 4 is 40.6 Å². The molecule has 9 nitrogen and oxygen atoms in total. The van der Waals surface area contributed by atoms with E-state index in [0.717, 1.165) is 22.6 Å². The molecule has 0 bridgehead atoms. The Morgan fingerprint density at radius 2 is 1.12 bits per heavy atom. The Morgan fingerprint density at radius 3 is 1.47 bits per heavy atom. The number of carbonyl (C=O) groups is 3. The van der Waals surface area contributed by atoms with Crippen molar-refractivity contribution in [1.82, 2.24) is 10.9 Å². The van der Waals surface area contributed by atoms with Gasteiger partial charge in [-0.15, -0.1) is 0 Å². The van der Waals surface area contributed by atoms with Crippen LogP contribution in [0.2, 0.25) is 0 Å². The van der Waals surface area contributed by atoms with Gasteiger partial charge in [0.15, 0.2) is 0 Å². The summed E-state index contributed by atoms with van der Waals surface area (Å²) in [5.74, 6) is -0.102. The molecule has 0 saturated carbocycles. The molecular weight excluding hydrogens is 408 g/mol. The van der Waals surface area contributed by atoms with Gasteiger partial charge in [-0.3, -0.25) is 9.59 Å². The summed E-state index contributed by atoms with van der Waals surface area (Å²) >= 11 is 0. The lowest BCUT2D eigenvalue weighted by Gasteiger charge is -2.19. The van der Waals surface area contributed by atoms with Gasteiger partial charge in [0.1, 0.15) is 0 Å². The minimum Gasteiger partial charge on any atom is -0.308 e. The molecule has 0 radical (unpaired) electrons. The highest BCUT2D eigenvalue weighted by Crippen LogP contribution is 2.20. The number of anilines is 2. The van der Waals surface area contributed by atoms with Crippen LogP contribution in [-0.4, -0.2) is 29.3 Å². The van der Waals surface area contributed by atoms with Gasteiger partial charge in [-0.05, 0) is 35.4 Å². The SMILES string of the molecule is CC1CC(=O)NN=C1c1ccc(NC(=O)Nc2ccc(C3=NNC(=O)CC3C)cc2)cc1. The minimum atomic E-state index is -0.364. The second kappa shape index (κ2) is 9.01. The molecule has 2 aliphatic rings. The Balaban J connectivity index is 1.36. The summed E-state index contributed by atoms with van der Waals surface area (Å²) < 4.78 is 0. The maximum Gasteiger partial charge on any atom is 0.323 e. The van der Waals surface area contributed by atoms with Crippen molar-refractivity contribution in [2.75, 3.05) is 10.6 Å². The van der Waals surface area contributed by atoms with Gasteiger partial charge in [-0.2, -0.15) is 10.2 Å². The molecule has 2 atom stereocenters. The van der Waals surface area contributed by atoms with Gasteiger partial charge in [0.05, 0.1) is 11.4 Å². The Hall–Kier alpha value is -4.01. The van der Waals surface area contributed by atoms with E-state index in [1.54, 1.807) is 24.3 Å². The average Bonchev–Trinajstić information content (AvgIpc) is 2.75. The van der Waals surface area contributed by atoms with E-state index in [9.17, 15) is 14.4 Å². The third-order valence-corrected chi connectivity index (χ3v) is 5.40. The number of hydrogen-bond donors (Lipinski definition) is 4. The molecule has 2 unspecified atom stereocenters. The first-order valence-corrected chi connectivity index (χ1v) is 10.4. The molecule has 164 valence electrons. The van der Waals surface area contributed by atoms with Crippen LogP contribution in [-0.2, 0) is 9.59 Å². The van der Waals surface area contributed by atoms with Crippen LogP contribution in [0.1, 0.15) is 37.8 Å². The minimum absolute atomic E-state index is 0.0349. The fourth-order valence-corrected chi connectivity index (χ4v) is 3.75. The largest absolute Gasteiger partial charge is 0.323 e. The van der Waals surface area contributed by atoms with E-state index in [4.69, 9.17) is 0 Å². The number of hydrazone groups is 2. The molecule has 0 aliphatic carbocycles. The first-order chi connectivity index (χ1) is 15.4. The molecule has 4 rings (SSSR count). The van der Waals surface area contributed by atoms with E-state index in [-0.39, 0.29) is 29.7 Å².